The minimum absolute atomic E-state index is 0.0303. The third kappa shape index (κ3) is 7.18. The normalized spacial score (nSPS) is 18.3. The van der Waals surface area contributed by atoms with Gasteiger partial charge in [0.1, 0.15) is 17.5 Å². The molecule has 1 aromatic carbocycles. The maximum Gasteiger partial charge on any atom is 0.410 e. The van der Waals surface area contributed by atoms with Gasteiger partial charge < -0.3 is 14.4 Å². The molecule has 1 fully saturated rings. The molecule has 2 atom stereocenters. The van der Waals surface area contributed by atoms with E-state index < -0.39 is 17.1 Å². The van der Waals surface area contributed by atoms with Gasteiger partial charge in [0.25, 0.3) is 0 Å². The Morgan fingerprint density at radius 3 is 2.38 bits per heavy atom. The SMILES string of the molecule is CC(C)(C)OC(=O)[C@@H](Cc1cccc(C=O)c1)[C@H]1CCN(C(=O)OC(C)(C)C)C1. The molecule has 0 spiro atoms. The molecule has 2 rings (SSSR count). The first-order chi connectivity index (χ1) is 13.4. The number of carbonyl (C=O) groups is 3. The van der Waals surface area contributed by atoms with Crippen LogP contribution in [0.15, 0.2) is 24.3 Å². The van der Waals surface area contributed by atoms with Crippen LogP contribution in [0.3, 0.4) is 0 Å². The second-order valence-electron chi connectivity index (χ2n) is 9.68. The van der Waals surface area contributed by atoms with Gasteiger partial charge in [-0.1, -0.05) is 18.2 Å². The molecule has 160 valence electrons. The second kappa shape index (κ2) is 8.97. The molecular weight excluding hydrogens is 370 g/mol. The lowest BCUT2D eigenvalue weighted by molar-refractivity contribution is -0.161. The molecule has 6 heteroatoms. The average molecular weight is 404 g/mol. The number of rotatable bonds is 5. The molecule has 0 saturated carbocycles. The lowest BCUT2D eigenvalue weighted by atomic mass is 9.85. The van der Waals surface area contributed by atoms with Crippen molar-refractivity contribution >= 4 is 18.3 Å². The van der Waals surface area contributed by atoms with Crippen LogP contribution in [-0.4, -0.2) is 47.5 Å². The van der Waals surface area contributed by atoms with Gasteiger partial charge in [-0.05, 0) is 71.9 Å². The Morgan fingerprint density at radius 1 is 1.14 bits per heavy atom. The highest BCUT2D eigenvalue weighted by Gasteiger charge is 2.39. The molecule has 0 bridgehead atoms. The predicted molar refractivity (Wildman–Crippen MR) is 111 cm³/mol. The van der Waals surface area contributed by atoms with Gasteiger partial charge in [-0.25, -0.2) is 4.79 Å². The Balaban J connectivity index is 2.18. The number of esters is 1. The van der Waals surface area contributed by atoms with Crippen LogP contribution in [0.25, 0.3) is 0 Å². The number of aldehydes is 1. The van der Waals surface area contributed by atoms with Gasteiger partial charge in [-0.3, -0.25) is 9.59 Å². The fourth-order valence-corrected chi connectivity index (χ4v) is 3.48. The lowest BCUT2D eigenvalue weighted by Gasteiger charge is -2.28. The van der Waals surface area contributed by atoms with Crippen LogP contribution in [0.5, 0.6) is 0 Å². The fourth-order valence-electron chi connectivity index (χ4n) is 3.48. The molecule has 29 heavy (non-hydrogen) atoms. The van der Waals surface area contributed by atoms with E-state index in [1.54, 1.807) is 17.0 Å². The van der Waals surface area contributed by atoms with Crippen LogP contribution in [0.4, 0.5) is 4.79 Å². The third-order valence-corrected chi connectivity index (χ3v) is 4.70. The quantitative estimate of drug-likeness (QED) is 0.543. The monoisotopic (exact) mass is 403 g/mol. The Labute approximate surface area is 173 Å². The van der Waals surface area contributed by atoms with Gasteiger partial charge in [0, 0.05) is 18.7 Å². The Kier molecular flexibility index (Phi) is 7.09. The number of ether oxygens (including phenoxy) is 2. The van der Waals surface area contributed by atoms with Crippen molar-refractivity contribution < 1.29 is 23.9 Å². The highest BCUT2D eigenvalue weighted by atomic mass is 16.6. The van der Waals surface area contributed by atoms with Crippen LogP contribution in [0, 0.1) is 11.8 Å². The minimum atomic E-state index is -0.594. The van der Waals surface area contributed by atoms with Crippen molar-refractivity contribution in [2.24, 2.45) is 11.8 Å². The summed E-state index contributed by atoms with van der Waals surface area (Å²) in [4.78, 5) is 38.2. The molecule has 0 aliphatic carbocycles. The fraction of sp³-hybridized carbons (Fsp3) is 0.609. The zero-order valence-electron chi connectivity index (χ0n) is 18.4. The first kappa shape index (κ1) is 22.9. The van der Waals surface area contributed by atoms with E-state index in [1.165, 1.54) is 0 Å². The highest BCUT2D eigenvalue weighted by Crippen LogP contribution is 2.30. The van der Waals surface area contributed by atoms with Gasteiger partial charge in [-0.2, -0.15) is 0 Å². The van der Waals surface area contributed by atoms with E-state index in [-0.39, 0.29) is 18.0 Å². The molecule has 0 N–H and O–H groups in total. The summed E-state index contributed by atoms with van der Waals surface area (Å²) < 4.78 is 11.1. The summed E-state index contributed by atoms with van der Waals surface area (Å²) in [6.45, 7) is 12.0. The van der Waals surface area contributed by atoms with E-state index in [0.29, 0.717) is 31.5 Å². The van der Waals surface area contributed by atoms with Crippen molar-refractivity contribution in [2.75, 3.05) is 13.1 Å². The third-order valence-electron chi connectivity index (χ3n) is 4.70. The van der Waals surface area contributed by atoms with Crippen molar-refractivity contribution in [1.29, 1.82) is 0 Å². The number of hydrogen-bond acceptors (Lipinski definition) is 5. The van der Waals surface area contributed by atoms with E-state index >= 15 is 0 Å². The van der Waals surface area contributed by atoms with Crippen molar-refractivity contribution in [2.45, 2.75) is 65.6 Å². The first-order valence-corrected chi connectivity index (χ1v) is 10.1. The Bertz CT molecular complexity index is 744. The van der Waals surface area contributed by atoms with Gasteiger partial charge in [0.05, 0.1) is 5.92 Å². The lowest BCUT2D eigenvalue weighted by Crippen LogP contribution is -2.38. The number of hydrogen-bond donors (Lipinski definition) is 0. The zero-order valence-corrected chi connectivity index (χ0v) is 18.4. The van der Waals surface area contributed by atoms with E-state index in [2.05, 4.69) is 0 Å². The summed E-state index contributed by atoms with van der Waals surface area (Å²) in [5.41, 5.74) is 0.326. The number of amides is 1. The number of likely N-dealkylation sites (tertiary alicyclic amines) is 1. The molecule has 1 amide bonds. The molecule has 1 aliphatic heterocycles. The van der Waals surface area contributed by atoms with Crippen molar-refractivity contribution in [1.82, 2.24) is 4.90 Å². The minimum Gasteiger partial charge on any atom is -0.460 e. The Hall–Kier alpha value is -2.37. The van der Waals surface area contributed by atoms with Crippen molar-refractivity contribution in [3.63, 3.8) is 0 Å². The molecule has 6 nitrogen and oxygen atoms in total. The maximum absolute atomic E-state index is 13.0. The molecule has 0 aromatic heterocycles. The van der Waals surface area contributed by atoms with Crippen LogP contribution in [0.2, 0.25) is 0 Å². The van der Waals surface area contributed by atoms with Crippen molar-refractivity contribution in [3.8, 4) is 0 Å². The predicted octanol–water partition coefficient (Wildman–Crippen LogP) is 4.26. The molecule has 1 aliphatic rings. The average Bonchev–Trinajstić information content (AvgIpc) is 3.06. The number of carbonyl (C=O) groups excluding carboxylic acids is 3. The van der Waals surface area contributed by atoms with Gasteiger partial charge in [0.2, 0.25) is 0 Å². The van der Waals surface area contributed by atoms with Crippen LogP contribution < -0.4 is 0 Å². The zero-order chi connectivity index (χ0) is 21.8. The van der Waals surface area contributed by atoms with E-state index in [4.69, 9.17) is 9.47 Å². The van der Waals surface area contributed by atoms with E-state index in [1.807, 2.05) is 53.7 Å². The summed E-state index contributed by atoms with van der Waals surface area (Å²) in [6.07, 6.45) is 1.61. The summed E-state index contributed by atoms with van der Waals surface area (Å²) in [5.74, 6) is -0.703. The molecule has 0 unspecified atom stereocenters. The second-order valence-corrected chi connectivity index (χ2v) is 9.68. The largest absolute Gasteiger partial charge is 0.460 e. The van der Waals surface area contributed by atoms with E-state index in [9.17, 15) is 14.4 Å². The van der Waals surface area contributed by atoms with E-state index in [0.717, 1.165) is 11.8 Å². The molecule has 1 heterocycles. The Morgan fingerprint density at radius 2 is 1.79 bits per heavy atom. The number of nitrogens with zero attached hydrogens (tertiary/aromatic N) is 1. The molecule has 0 radical (unpaired) electrons. The summed E-state index contributed by atoms with van der Waals surface area (Å²) in [5, 5.41) is 0. The van der Waals surface area contributed by atoms with Crippen LogP contribution in [-0.2, 0) is 20.7 Å². The topological polar surface area (TPSA) is 72.9 Å². The van der Waals surface area contributed by atoms with Gasteiger partial charge in [-0.15, -0.1) is 0 Å². The molecular formula is C23H33NO5. The van der Waals surface area contributed by atoms with Crippen LogP contribution in [0.1, 0.15) is 63.9 Å². The standard InChI is InChI=1S/C23H33NO5/c1-22(2,3)28-20(26)19(13-16-8-7-9-17(12-16)15-25)18-10-11-24(14-18)21(27)29-23(4,5)6/h7-9,12,15,18-19H,10-11,13-14H2,1-6H3/t18-,19-/m0/s1. The smallest absolute Gasteiger partial charge is 0.410 e. The first-order valence-electron chi connectivity index (χ1n) is 10.1. The summed E-state index contributed by atoms with van der Waals surface area (Å²) in [7, 11) is 0. The summed E-state index contributed by atoms with van der Waals surface area (Å²) in [6, 6.07) is 7.25. The summed E-state index contributed by atoms with van der Waals surface area (Å²) >= 11 is 0. The number of benzene rings is 1. The highest BCUT2D eigenvalue weighted by molar-refractivity contribution is 5.76. The molecule has 1 saturated heterocycles. The van der Waals surface area contributed by atoms with Gasteiger partial charge >= 0.3 is 12.1 Å². The van der Waals surface area contributed by atoms with Crippen LogP contribution >= 0.6 is 0 Å². The van der Waals surface area contributed by atoms with Crippen molar-refractivity contribution in [3.05, 3.63) is 35.4 Å². The maximum atomic E-state index is 13.0. The van der Waals surface area contributed by atoms with Gasteiger partial charge in [0.15, 0.2) is 0 Å². The molecule has 1 aromatic rings.